The maximum atomic E-state index is 11.8. The third-order valence-corrected chi connectivity index (χ3v) is 2.25. The highest BCUT2D eigenvalue weighted by atomic mass is 19.3. The van der Waals surface area contributed by atoms with Gasteiger partial charge in [-0.15, -0.1) is 0 Å². The molecule has 1 aromatic rings. The van der Waals surface area contributed by atoms with Crippen molar-refractivity contribution < 1.29 is 13.5 Å². The van der Waals surface area contributed by atoms with Gasteiger partial charge in [-0.1, -0.05) is 30.3 Å². The van der Waals surface area contributed by atoms with Crippen molar-refractivity contribution in [2.24, 2.45) is 0 Å². The minimum Gasteiger partial charge on any atom is -0.320 e. The van der Waals surface area contributed by atoms with Crippen molar-refractivity contribution in [3.63, 3.8) is 0 Å². The SMILES string of the molecule is CC(CCCc1ccccc1)OC(F)F. The van der Waals surface area contributed by atoms with Gasteiger partial charge in [-0.2, -0.15) is 8.78 Å². The molecular formula is C12H16F2O. The van der Waals surface area contributed by atoms with E-state index in [0.29, 0.717) is 6.42 Å². The Morgan fingerprint density at radius 1 is 1.20 bits per heavy atom. The van der Waals surface area contributed by atoms with Gasteiger partial charge in [0.25, 0.3) is 0 Å². The van der Waals surface area contributed by atoms with Crippen LogP contribution in [-0.2, 0) is 11.2 Å². The Bertz CT molecular complexity index is 262. The maximum Gasteiger partial charge on any atom is 0.345 e. The second-order valence-corrected chi connectivity index (χ2v) is 3.59. The molecule has 1 nitrogen and oxygen atoms in total. The van der Waals surface area contributed by atoms with E-state index >= 15 is 0 Å². The monoisotopic (exact) mass is 214 g/mol. The molecule has 1 unspecified atom stereocenters. The van der Waals surface area contributed by atoms with Crippen molar-refractivity contribution in [1.82, 2.24) is 0 Å². The number of hydrogen-bond acceptors (Lipinski definition) is 1. The number of hydrogen-bond donors (Lipinski definition) is 0. The Labute approximate surface area is 89.1 Å². The van der Waals surface area contributed by atoms with Crippen LogP contribution >= 0.6 is 0 Å². The quantitative estimate of drug-likeness (QED) is 0.702. The molecule has 15 heavy (non-hydrogen) atoms. The molecule has 0 fully saturated rings. The summed E-state index contributed by atoms with van der Waals surface area (Å²) in [5, 5.41) is 0. The molecule has 0 aliphatic carbocycles. The van der Waals surface area contributed by atoms with E-state index in [4.69, 9.17) is 0 Å². The van der Waals surface area contributed by atoms with Gasteiger partial charge in [0, 0.05) is 0 Å². The van der Waals surface area contributed by atoms with Crippen LogP contribution in [0.5, 0.6) is 0 Å². The Balaban J connectivity index is 2.16. The number of alkyl halides is 2. The summed E-state index contributed by atoms with van der Waals surface area (Å²) < 4.78 is 28.0. The molecule has 0 amide bonds. The van der Waals surface area contributed by atoms with Crippen molar-refractivity contribution in [2.75, 3.05) is 0 Å². The Hall–Kier alpha value is -0.960. The van der Waals surface area contributed by atoms with Crippen LogP contribution in [0.25, 0.3) is 0 Å². The zero-order chi connectivity index (χ0) is 11.1. The fourth-order valence-electron chi connectivity index (χ4n) is 1.48. The van der Waals surface area contributed by atoms with Crippen molar-refractivity contribution >= 4 is 0 Å². The highest BCUT2D eigenvalue weighted by molar-refractivity contribution is 5.14. The van der Waals surface area contributed by atoms with Crippen LogP contribution < -0.4 is 0 Å². The largest absolute Gasteiger partial charge is 0.345 e. The number of benzene rings is 1. The third kappa shape index (κ3) is 5.47. The van der Waals surface area contributed by atoms with Crippen LogP contribution in [-0.4, -0.2) is 12.7 Å². The zero-order valence-electron chi connectivity index (χ0n) is 8.83. The Morgan fingerprint density at radius 2 is 1.87 bits per heavy atom. The van der Waals surface area contributed by atoms with Crippen molar-refractivity contribution in [3.8, 4) is 0 Å². The average molecular weight is 214 g/mol. The Kier molecular flexibility index (Phi) is 5.26. The number of halogens is 2. The van der Waals surface area contributed by atoms with Gasteiger partial charge in [0.15, 0.2) is 0 Å². The summed E-state index contributed by atoms with van der Waals surface area (Å²) in [5.41, 5.74) is 1.24. The zero-order valence-corrected chi connectivity index (χ0v) is 8.83. The minimum atomic E-state index is -2.66. The van der Waals surface area contributed by atoms with E-state index in [2.05, 4.69) is 4.74 Å². The predicted molar refractivity (Wildman–Crippen MR) is 55.9 cm³/mol. The summed E-state index contributed by atoms with van der Waals surface area (Å²) >= 11 is 0. The second-order valence-electron chi connectivity index (χ2n) is 3.59. The fourth-order valence-corrected chi connectivity index (χ4v) is 1.48. The molecule has 3 heteroatoms. The molecule has 0 saturated carbocycles. The first kappa shape index (κ1) is 12.1. The van der Waals surface area contributed by atoms with Gasteiger partial charge in [0.2, 0.25) is 0 Å². The van der Waals surface area contributed by atoms with Gasteiger partial charge in [-0.05, 0) is 31.7 Å². The van der Waals surface area contributed by atoms with Crippen molar-refractivity contribution in [3.05, 3.63) is 35.9 Å². The molecule has 1 atom stereocenters. The summed E-state index contributed by atoms with van der Waals surface area (Å²) in [7, 11) is 0. The topological polar surface area (TPSA) is 9.23 Å². The second kappa shape index (κ2) is 6.51. The first-order chi connectivity index (χ1) is 7.18. The average Bonchev–Trinajstić information content (AvgIpc) is 2.18. The molecule has 0 aliphatic heterocycles. The summed E-state index contributed by atoms with van der Waals surface area (Å²) in [6.07, 6.45) is 2.09. The number of ether oxygens (including phenoxy) is 1. The van der Waals surface area contributed by atoms with Gasteiger partial charge in [0.05, 0.1) is 6.10 Å². The van der Waals surface area contributed by atoms with Crippen LogP contribution in [0.1, 0.15) is 25.3 Å². The minimum absolute atomic E-state index is 0.367. The maximum absolute atomic E-state index is 11.8. The summed E-state index contributed by atoms with van der Waals surface area (Å²) in [6.45, 7) is -0.978. The lowest BCUT2D eigenvalue weighted by Crippen LogP contribution is -2.12. The van der Waals surface area contributed by atoms with Crippen molar-refractivity contribution in [1.29, 1.82) is 0 Å². The first-order valence-electron chi connectivity index (χ1n) is 5.16. The predicted octanol–water partition coefficient (Wildman–Crippen LogP) is 3.64. The normalized spacial score (nSPS) is 13.1. The van der Waals surface area contributed by atoms with E-state index < -0.39 is 6.61 Å². The van der Waals surface area contributed by atoms with E-state index in [-0.39, 0.29) is 6.10 Å². The van der Waals surface area contributed by atoms with Crippen LogP contribution in [0.15, 0.2) is 30.3 Å². The molecule has 0 N–H and O–H groups in total. The summed E-state index contributed by atoms with van der Waals surface area (Å²) in [5.74, 6) is 0. The Morgan fingerprint density at radius 3 is 2.47 bits per heavy atom. The van der Waals surface area contributed by atoms with Gasteiger partial charge in [-0.3, -0.25) is 0 Å². The van der Waals surface area contributed by atoms with Gasteiger partial charge < -0.3 is 4.74 Å². The third-order valence-electron chi connectivity index (χ3n) is 2.25. The molecule has 0 radical (unpaired) electrons. The van der Waals surface area contributed by atoms with Gasteiger partial charge >= 0.3 is 6.61 Å². The summed E-state index contributed by atoms with van der Waals surface area (Å²) in [6, 6.07) is 10.0. The molecule has 1 rings (SSSR count). The van der Waals surface area contributed by atoms with Crippen LogP contribution in [0.3, 0.4) is 0 Å². The molecule has 1 aromatic carbocycles. The van der Waals surface area contributed by atoms with Crippen LogP contribution in [0, 0.1) is 0 Å². The lowest BCUT2D eigenvalue weighted by atomic mass is 10.1. The standard InChI is InChI=1S/C12H16F2O/c1-10(15-12(13)14)6-5-9-11-7-3-2-4-8-11/h2-4,7-8,10,12H,5-6,9H2,1H3. The van der Waals surface area contributed by atoms with E-state index in [1.807, 2.05) is 30.3 Å². The fraction of sp³-hybridized carbons (Fsp3) is 0.500. The van der Waals surface area contributed by atoms with E-state index in [9.17, 15) is 8.78 Å². The van der Waals surface area contributed by atoms with E-state index in [1.165, 1.54) is 5.56 Å². The van der Waals surface area contributed by atoms with Crippen molar-refractivity contribution in [2.45, 2.75) is 38.9 Å². The smallest absolute Gasteiger partial charge is 0.320 e. The van der Waals surface area contributed by atoms with Crippen LogP contribution in [0.2, 0.25) is 0 Å². The lowest BCUT2D eigenvalue weighted by molar-refractivity contribution is -0.159. The molecule has 0 aromatic heterocycles. The van der Waals surface area contributed by atoms with Crippen LogP contribution in [0.4, 0.5) is 8.78 Å². The molecule has 0 spiro atoms. The van der Waals surface area contributed by atoms with Gasteiger partial charge in [0.1, 0.15) is 0 Å². The highest BCUT2D eigenvalue weighted by Crippen LogP contribution is 2.10. The summed E-state index contributed by atoms with van der Waals surface area (Å²) in [4.78, 5) is 0. The van der Waals surface area contributed by atoms with E-state index in [0.717, 1.165) is 12.8 Å². The molecule has 84 valence electrons. The number of aryl methyl sites for hydroxylation is 1. The number of rotatable bonds is 6. The lowest BCUT2D eigenvalue weighted by Gasteiger charge is -2.11. The molecule has 0 aliphatic rings. The first-order valence-corrected chi connectivity index (χ1v) is 5.16. The van der Waals surface area contributed by atoms with E-state index in [1.54, 1.807) is 6.92 Å². The van der Waals surface area contributed by atoms with Gasteiger partial charge in [-0.25, -0.2) is 0 Å². The molecular weight excluding hydrogens is 198 g/mol. The molecule has 0 saturated heterocycles. The highest BCUT2D eigenvalue weighted by Gasteiger charge is 2.08. The molecule has 0 heterocycles. The molecule has 0 bridgehead atoms.